The molecular weight excluding hydrogens is 332 g/mol. The van der Waals surface area contributed by atoms with E-state index >= 15 is 0 Å². The van der Waals surface area contributed by atoms with Gasteiger partial charge in [0, 0.05) is 18.0 Å². The van der Waals surface area contributed by atoms with E-state index in [0.29, 0.717) is 37.4 Å². The summed E-state index contributed by atoms with van der Waals surface area (Å²) < 4.78 is 18.7. The van der Waals surface area contributed by atoms with Gasteiger partial charge >= 0.3 is 0 Å². The maximum Gasteiger partial charge on any atom is 0.207 e. The Morgan fingerprint density at radius 1 is 1.23 bits per heavy atom. The van der Waals surface area contributed by atoms with Crippen LogP contribution in [0.4, 0.5) is 0 Å². The molecule has 6 nitrogen and oxygen atoms in total. The summed E-state index contributed by atoms with van der Waals surface area (Å²) >= 11 is 0. The Hall–Kier alpha value is -1.65. The average molecular weight is 354 g/mol. The monoisotopic (exact) mass is 354 g/mol. The van der Waals surface area contributed by atoms with Crippen molar-refractivity contribution >= 4 is 0 Å². The van der Waals surface area contributed by atoms with Crippen molar-refractivity contribution in [3.63, 3.8) is 0 Å². The molecule has 26 heavy (non-hydrogen) atoms. The van der Waals surface area contributed by atoms with E-state index < -0.39 is 22.9 Å². The molecule has 5 aliphatic rings. The molecule has 136 valence electrons. The fourth-order valence-electron chi connectivity index (χ4n) is 6.58. The number of ether oxygens (including phenoxy) is 3. The van der Waals surface area contributed by atoms with Crippen molar-refractivity contribution in [2.24, 2.45) is 0 Å². The highest BCUT2D eigenvalue weighted by Crippen LogP contribution is 2.67. The lowest BCUT2D eigenvalue weighted by Gasteiger charge is -2.64. The Labute approximate surface area is 152 Å². The second kappa shape index (κ2) is 4.60. The number of likely N-dealkylation sites (tertiary alicyclic amines) is 1. The predicted octanol–water partition coefficient (Wildman–Crippen LogP) is 1.09. The first-order valence-corrected chi connectivity index (χ1v) is 9.49. The highest BCUT2D eigenvalue weighted by molar-refractivity contribution is 5.63. The van der Waals surface area contributed by atoms with E-state index in [-0.39, 0.29) is 6.04 Å². The number of benzene rings is 1. The van der Waals surface area contributed by atoms with Gasteiger partial charge in [0.25, 0.3) is 0 Å². The maximum atomic E-state index is 12.1. The molecule has 1 saturated carbocycles. The van der Waals surface area contributed by atoms with Crippen LogP contribution in [-0.4, -0.2) is 60.3 Å². The van der Waals surface area contributed by atoms with E-state index in [1.54, 1.807) is 0 Å². The standard InChI is InChI=1S/C20H22N2O4/c1-22-7-6-18-15-12-2-3-13(11-21)16(15)26-17(18)20(24-8-9-25-20)5-4-19(18,23)14(22)10-12/h2-3,14,17,23H,4-10H2,1H3. The van der Waals surface area contributed by atoms with Crippen LogP contribution >= 0.6 is 0 Å². The van der Waals surface area contributed by atoms with Gasteiger partial charge in [0.05, 0.1) is 29.8 Å². The predicted molar refractivity (Wildman–Crippen MR) is 90.8 cm³/mol. The quantitative estimate of drug-likeness (QED) is 0.752. The van der Waals surface area contributed by atoms with Gasteiger partial charge in [-0.25, -0.2) is 0 Å². The first-order valence-electron chi connectivity index (χ1n) is 9.49. The first-order chi connectivity index (χ1) is 12.6. The minimum Gasteiger partial charge on any atom is -0.482 e. The highest BCUT2D eigenvalue weighted by Gasteiger charge is 2.77. The summed E-state index contributed by atoms with van der Waals surface area (Å²) in [5.74, 6) is -0.163. The first kappa shape index (κ1) is 15.4. The topological polar surface area (TPSA) is 75.0 Å². The van der Waals surface area contributed by atoms with Gasteiger partial charge < -0.3 is 24.2 Å². The second-order valence-electron chi connectivity index (χ2n) is 8.44. The largest absolute Gasteiger partial charge is 0.482 e. The second-order valence-corrected chi connectivity index (χ2v) is 8.44. The van der Waals surface area contributed by atoms with Crippen molar-refractivity contribution in [2.45, 2.75) is 54.6 Å². The Balaban J connectivity index is 1.67. The van der Waals surface area contributed by atoms with Gasteiger partial charge in [0.2, 0.25) is 5.79 Å². The summed E-state index contributed by atoms with van der Waals surface area (Å²) in [6.07, 6.45) is 2.40. The van der Waals surface area contributed by atoms with E-state index in [1.807, 2.05) is 12.1 Å². The number of nitrogens with zero attached hydrogens (tertiary/aromatic N) is 2. The van der Waals surface area contributed by atoms with Crippen LogP contribution in [0, 0.1) is 11.3 Å². The van der Waals surface area contributed by atoms with Crippen LogP contribution < -0.4 is 4.74 Å². The molecule has 2 aliphatic carbocycles. The van der Waals surface area contributed by atoms with E-state index in [0.717, 1.165) is 24.9 Å². The third-order valence-electron chi connectivity index (χ3n) is 7.65. The molecule has 4 atom stereocenters. The van der Waals surface area contributed by atoms with Gasteiger partial charge in [-0.1, -0.05) is 6.07 Å². The molecule has 2 spiro atoms. The fourth-order valence-corrected chi connectivity index (χ4v) is 6.58. The molecule has 1 aromatic carbocycles. The number of nitriles is 1. The molecule has 2 bridgehead atoms. The van der Waals surface area contributed by atoms with Gasteiger partial charge in [0.15, 0.2) is 6.10 Å². The Morgan fingerprint density at radius 2 is 2.04 bits per heavy atom. The molecule has 3 fully saturated rings. The van der Waals surface area contributed by atoms with E-state index in [2.05, 4.69) is 18.0 Å². The average Bonchev–Trinajstić information content (AvgIpc) is 3.24. The van der Waals surface area contributed by atoms with E-state index in [4.69, 9.17) is 14.2 Å². The van der Waals surface area contributed by atoms with Crippen LogP contribution in [0.1, 0.15) is 36.0 Å². The molecule has 3 aliphatic heterocycles. The van der Waals surface area contributed by atoms with Crippen molar-refractivity contribution < 1.29 is 19.3 Å². The number of fused-ring (bicyclic) bond motifs is 1. The summed E-state index contributed by atoms with van der Waals surface area (Å²) in [7, 11) is 2.10. The van der Waals surface area contributed by atoms with Crippen LogP contribution in [0.5, 0.6) is 5.75 Å². The number of rotatable bonds is 0. The lowest BCUT2D eigenvalue weighted by Crippen LogP contribution is -2.79. The lowest BCUT2D eigenvalue weighted by atomic mass is 9.48. The molecule has 6 rings (SSSR count). The zero-order valence-corrected chi connectivity index (χ0v) is 14.8. The molecule has 0 radical (unpaired) electrons. The van der Waals surface area contributed by atoms with Crippen LogP contribution in [0.15, 0.2) is 12.1 Å². The zero-order chi connectivity index (χ0) is 17.7. The maximum absolute atomic E-state index is 12.1. The minimum absolute atomic E-state index is 0.0486. The fraction of sp³-hybridized carbons (Fsp3) is 0.650. The number of hydrogen-bond acceptors (Lipinski definition) is 6. The Bertz CT molecular complexity index is 858. The van der Waals surface area contributed by atoms with Crippen LogP contribution in [0.2, 0.25) is 0 Å². The summed E-state index contributed by atoms with van der Waals surface area (Å²) in [6.45, 7) is 1.98. The molecule has 2 saturated heterocycles. The summed E-state index contributed by atoms with van der Waals surface area (Å²) in [5, 5.41) is 21.7. The Kier molecular flexibility index (Phi) is 2.73. The van der Waals surface area contributed by atoms with Crippen molar-refractivity contribution in [3.8, 4) is 11.8 Å². The molecule has 0 aromatic heterocycles. The highest BCUT2D eigenvalue weighted by atomic mass is 16.8. The molecule has 1 N–H and O–H groups in total. The Morgan fingerprint density at radius 3 is 2.81 bits per heavy atom. The lowest BCUT2D eigenvalue weighted by molar-refractivity contribution is -0.295. The van der Waals surface area contributed by atoms with Gasteiger partial charge in [-0.3, -0.25) is 0 Å². The van der Waals surface area contributed by atoms with Gasteiger partial charge in [-0.2, -0.15) is 5.26 Å². The third kappa shape index (κ3) is 1.43. The molecular formula is C20H22N2O4. The SMILES string of the molecule is CN1CCC23c4c5ccc(C#N)c4OC2C2(CCC3(O)C1C5)OCCO2. The molecule has 1 aromatic rings. The summed E-state index contributed by atoms with van der Waals surface area (Å²) in [6, 6.07) is 6.23. The molecule has 4 unspecified atom stereocenters. The molecule has 3 heterocycles. The minimum atomic E-state index is -0.891. The normalized spacial score (nSPS) is 41.6. The van der Waals surface area contributed by atoms with Crippen LogP contribution in [0.25, 0.3) is 0 Å². The van der Waals surface area contributed by atoms with Crippen molar-refractivity contribution in [3.05, 3.63) is 28.8 Å². The van der Waals surface area contributed by atoms with Crippen molar-refractivity contribution in [1.29, 1.82) is 5.26 Å². The third-order valence-corrected chi connectivity index (χ3v) is 7.65. The number of hydrogen-bond donors (Lipinski definition) is 1. The van der Waals surface area contributed by atoms with Crippen molar-refractivity contribution in [2.75, 3.05) is 26.8 Å². The number of piperidine rings is 1. The van der Waals surface area contributed by atoms with Crippen LogP contribution in [-0.2, 0) is 21.3 Å². The number of likely N-dealkylation sites (N-methyl/N-ethyl adjacent to an activating group) is 1. The van der Waals surface area contributed by atoms with Gasteiger partial charge in [0.1, 0.15) is 11.8 Å². The summed E-state index contributed by atoms with van der Waals surface area (Å²) in [5.41, 5.74) is 1.32. The summed E-state index contributed by atoms with van der Waals surface area (Å²) in [4.78, 5) is 2.29. The van der Waals surface area contributed by atoms with Gasteiger partial charge in [-0.05, 0) is 44.5 Å². The van der Waals surface area contributed by atoms with E-state index in [1.165, 1.54) is 5.56 Å². The van der Waals surface area contributed by atoms with Crippen LogP contribution in [0.3, 0.4) is 0 Å². The molecule has 0 amide bonds. The zero-order valence-electron chi connectivity index (χ0n) is 14.8. The number of aliphatic hydroxyl groups is 1. The van der Waals surface area contributed by atoms with E-state index in [9.17, 15) is 10.4 Å². The van der Waals surface area contributed by atoms with Gasteiger partial charge in [-0.15, -0.1) is 0 Å². The smallest absolute Gasteiger partial charge is 0.207 e. The van der Waals surface area contributed by atoms with Crippen molar-refractivity contribution in [1.82, 2.24) is 4.90 Å². The molecule has 6 heteroatoms.